The molecule has 0 aromatic carbocycles. The molecule has 0 amide bonds. The molecular formula is C10H18N4. The highest BCUT2D eigenvalue weighted by Crippen LogP contribution is 2.25. The van der Waals surface area contributed by atoms with Gasteiger partial charge in [-0.3, -0.25) is 0 Å². The number of aromatic amines is 1. The van der Waals surface area contributed by atoms with Crippen LogP contribution in [0.5, 0.6) is 0 Å². The van der Waals surface area contributed by atoms with Gasteiger partial charge in [-0.05, 0) is 18.6 Å². The number of nitrogens with one attached hydrogen (secondary N) is 3. The largest absolute Gasteiger partial charge is 0.361 e. The van der Waals surface area contributed by atoms with E-state index in [1.54, 1.807) is 0 Å². The van der Waals surface area contributed by atoms with Gasteiger partial charge in [0.25, 0.3) is 0 Å². The van der Waals surface area contributed by atoms with Crippen LogP contribution in [0.4, 0.5) is 0 Å². The van der Waals surface area contributed by atoms with Crippen LogP contribution in [-0.2, 0) is 6.42 Å². The van der Waals surface area contributed by atoms with E-state index in [9.17, 15) is 0 Å². The first-order valence-corrected chi connectivity index (χ1v) is 5.16. The van der Waals surface area contributed by atoms with Crippen molar-refractivity contribution in [3.8, 4) is 0 Å². The van der Waals surface area contributed by atoms with E-state index >= 15 is 0 Å². The second-order valence-electron chi connectivity index (χ2n) is 3.94. The second-order valence-corrected chi connectivity index (χ2v) is 3.94. The van der Waals surface area contributed by atoms with E-state index in [2.05, 4.69) is 41.8 Å². The van der Waals surface area contributed by atoms with Gasteiger partial charge in [0, 0.05) is 17.3 Å². The van der Waals surface area contributed by atoms with E-state index in [4.69, 9.17) is 5.73 Å². The Morgan fingerprint density at radius 2 is 2.14 bits per heavy atom. The fraction of sp³-hybridized carbons (Fsp3) is 0.600. The lowest BCUT2D eigenvalue weighted by atomic mass is 9.99. The van der Waals surface area contributed by atoms with Crippen LogP contribution in [0.25, 0.3) is 0 Å². The molecule has 0 aliphatic carbocycles. The van der Waals surface area contributed by atoms with Crippen LogP contribution in [0.3, 0.4) is 0 Å². The summed E-state index contributed by atoms with van der Waals surface area (Å²) in [4.78, 5) is 3.40. The van der Waals surface area contributed by atoms with Crippen molar-refractivity contribution in [2.75, 3.05) is 0 Å². The molecule has 2 heterocycles. The Kier molecular flexibility index (Phi) is 2.58. The molecule has 0 radical (unpaired) electrons. The first-order chi connectivity index (χ1) is 6.72. The number of aryl methyl sites for hydroxylation is 1. The second kappa shape index (κ2) is 3.73. The quantitative estimate of drug-likeness (QED) is 0.559. The van der Waals surface area contributed by atoms with E-state index in [1.807, 2.05) is 0 Å². The lowest BCUT2D eigenvalue weighted by Gasteiger charge is -2.14. The van der Waals surface area contributed by atoms with E-state index in [0.717, 1.165) is 6.42 Å². The van der Waals surface area contributed by atoms with E-state index < -0.39 is 0 Å². The summed E-state index contributed by atoms with van der Waals surface area (Å²) in [6, 6.07) is 4.56. The normalized spacial score (nSPS) is 32.4. The molecule has 4 heteroatoms. The molecule has 1 fully saturated rings. The molecule has 0 bridgehead atoms. The average molecular weight is 194 g/mol. The van der Waals surface area contributed by atoms with Crippen LogP contribution in [0.1, 0.15) is 31.3 Å². The van der Waals surface area contributed by atoms with Crippen molar-refractivity contribution in [1.82, 2.24) is 15.8 Å². The zero-order valence-electron chi connectivity index (χ0n) is 8.67. The zero-order valence-corrected chi connectivity index (χ0v) is 8.67. The van der Waals surface area contributed by atoms with Gasteiger partial charge in [0.2, 0.25) is 0 Å². The molecule has 3 unspecified atom stereocenters. The monoisotopic (exact) mass is 194 g/mol. The predicted molar refractivity (Wildman–Crippen MR) is 56.3 cm³/mol. The van der Waals surface area contributed by atoms with Crippen molar-refractivity contribution in [3.05, 3.63) is 23.5 Å². The molecule has 1 aromatic rings. The van der Waals surface area contributed by atoms with Crippen LogP contribution in [0.2, 0.25) is 0 Å². The third kappa shape index (κ3) is 1.56. The third-order valence-corrected chi connectivity index (χ3v) is 2.98. The molecule has 0 saturated carbocycles. The number of hydrazine groups is 1. The molecule has 14 heavy (non-hydrogen) atoms. The maximum atomic E-state index is 5.86. The third-order valence-electron chi connectivity index (χ3n) is 2.98. The van der Waals surface area contributed by atoms with Gasteiger partial charge in [-0.15, -0.1) is 0 Å². The van der Waals surface area contributed by atoms with Crippen molar-refractivity contribution in [1.29, 1.82) is 0 Å². The zero-order chi connectivity index (χ0) is 10.1. The lowest BCUT2D eigenvalue weighted by Crippen LogP contribution is -2.38. The Morgan fingerprint density at radius 3 is 2.64 bits per heavy atom. The number of hydrogen-bond donors (Lipinski definition) is 4. The number of nitrogens with two attached hydrogens (primary N) is 1. The van der Waals surface area contributed by atoms with Gasteiger partial charge >= 0.3 is 0 Å². The van der Waals surface area contributed by atoms with Crippen LogP contribution < -0.4 is 16.6 Å². The maximum absolute atomic E-state index is 5.86. The number of rotatable bonds is 2. The maximum Gasteiger partial charge on any atom is 0.0724 e. The molecule has 5 N–H and O–H groups in total. The summed E-state index contributed by atoms with van der Waals surface area (Å²) < 4.78 is 0. The number of aromatic nitrogens is 1. The van der Waals surface area contributed by atoms with E-state index in [-0.39, 0.29) is 6.17 Å². The van der Waals surface area contributed by atoms with Gasteiger partial charge in [-0.2, -0.15) is 0 Å². The van der Waals surface area contributed by atoms with E-state index in [1.165, 1.54) is 11.4 Å². The van der Waals surface area contributed by atoms with Gasteiger partial charge in [0.1, 0.15) is 0 Å². The fourth-order valence-electron chi connectivity index (χ4n) is 1.86. The molecule has 1 aliphatic rings. The minimum absolute atomic E-state index is 0.0355. The Morgan fingerprint density at radius 1 is 1.36 bits per heavy atom. The molecule has 78 valence electrons. The van der Waals surface area contributed by atoms with Gasteiger partial charge in [-0.25, -0.2) is 10.9 Å². The van der Waals surface area contributed by atoms with Gasteiger partial charge in [0.15, 0.2) is 0 Å². The highest BCUT2D eigenvalue weighted by atomic mass is 15.5. The van der Waals surface area contributed by atoms with Crippen LogP contribution in [0, 0.1) is 5.92 Å². The van der Waals surface area contributed by atoms with Crippen molar-refractivity contribution < 1.29 is 0 Å². The molecule has 4 nitrogen and oxygen atoms in total. The smallest absolute Gasteiger partial charge is 0.0724 e. The van der Waals surface area contributed by atoms with Gasteiger partial charge < -0.3 is 10.7 Å². The first-order valence-electron chi connectivity index (χ1n) is 5.16. The topological polar surface area (TPSA) is 65.9 Å². The average Bonchev–Trinajstić information content (AvgIpc) is 2.75. The minimum Gasteiger partial charge on any atom is -0.361 e. The molecule has 1 saturated heterocycles. The molecule has 0 spiro atoms. The van der Waals surface area contributed by atoms with Crippen molar-refractivity contribution >= 4 is 0 Å². The van der Waals surface area contributed by atoms with Crippen LogP contribution in [0.15, 0.2) is 12.1 Å². The summed E-state index contributed by atoms with van der Waals surface area (Å²) in [5.41, 5.74) is 14.6. The Balaban J connectivity index is 2.15. The molecule has 2 rings (SSSR count). The van der Waals surface area contributed by atoms with Crippen LogP contribution >= 0.6 is 0 Å². The van der Waals surface area contributed by atoms with Gasteiger partial charge in [-0.1, -0.05) is 13.8 Å². The summed E-state index contributed by atoms with van der Waals surface area (Å²) in [5.74, 6) is 0.401. The van der Waals surface area contributed by atoms with E-state index in [0.29, 0.717) is 12.0 Å². The predicted octanol–water partition coefficient (Wildman–Crippen LogP) is 0.647. The summed E-state index contributed by atoms with van der Waals surface area (Å²) in [6.07, 6.45) is 1.08. The SMILES string of the molecule is CCc1ccc(C2NNC(N)C2C)[nH]1. The van der Waals surface area contributed by atoms with Crippen molar-refractivity contribution in [2.24, 2.45) is 11.7 Å². The highest BCUT2D eigenvalue weighted by molar-refractivity contribution is 5.18. The first kappa shape index (κ1) is 9.71. The summed E-state index contributed by atoms with van der Waals surface area (Å²) >= 11 is 0. The highest BCUT2D eigenvalue weighted by Gasteiger charge is 2.31. The molecule has 1 aliphatic heterocycles. The number of H-pyrrole nitrogens is 1. The number of hydrogen-bond acceptors (Lipinski definition) is 3. The Labute approximate surface area is 84.2 Å². The molecule has 1 aromatic heterocycles. The summed E-state index contributed by atoms with van der Waals surface area (Å²) in [5, 5.41) is 0. The standard InChI is InChI=1S/C10H18N4/c1-3-7-4-5-8(12-7)9-6(2)10(11)14-13-9/h4-6,9-10,12-14H,3,11H2,1-2H3. The minimum atomic E-state index is 0.0355. The lowest BCUT2D eigenvalue weighted by molar-refractivity contribution is 0.457. The summed E-state index contributed by atoms with van der Waals surface area (Å²) in [6.45, 7) is 4.29. The van der Waals surface area contributed by atoms with Crippen molar-refractivity contribution in [2.45, 2.75) is 32.5 Å². The Bertz CT molecular complexity index is 307. The van der Waals surface area contributed by atoms with Gasteiger partial charge in [0.05, 0.1) is 12.2 Å². The molecule has 3 atom stereocenters. The Hall–Kier alpha value is -0.840. The summed E-state index contributed by atoms with van der Waals surface area (Å²) in [7, 11) is 0. The van der Waals surface area contributed by atoms with Crippen molar-refractivity contribution in [3.63, 3.8) is 0 Å². The fourth-order valence-corrected chi connectivity index (χ4v) is 1.86. The molecular weight excluding hydrogens is 176 g/mol. The van der Waals surface area contributed by atoms with Crippen LogP contribution in [-0.4, -0.2) is 11.1 Å².